The highest BCUT2D eigenvalue weighted by atomic mass is 19.4. The number of alkyl halides is 3. The average Bonchev–Trinajstić information content (AvgIpc) is 3.46. The molecule has 3 aromatic heterocycles. The van der Waals surface area contributed by atoms with Gasteiger partial charge in [-0.1, -0.05) is 0 Å². The molecule has 1 aliphatic heterocycles. The Morgan fingerprint density at radius 2 is 1.71 bits per heavy atom. The SMILES string of the molecule is FC(F)(F)c1ccc(N2CCN(c3nccn4nc(C5CC5)cc34)CC2)nn1. The Labute approximate surface area is 158 Å². The van der Waals surface area contributed by atoms with E-state index in [-0.39, 0.29) is 0 Å². The Morgan fingerprint density at radius 1 is 0.964 bits per heavy atom. The number of hydrogen-bond donors (Lipinski definition) is 0. The smallest absolute Gasteiger partial charge is 0.352 e. The van der Waals surface area contributed by atoms with Gasteiger partial charge in [0.25, 0.3) is 0 Å². The van der Waals surface area contributed by atoms with Crippen molar-refractivity contribution in [3.05, 3.63) is 42.0 Å². The number of piperazine rings is 1. The zero-order valence-electron chi connectivity index (χ0n) is 15.0. The van der Waals surface area contributed by atoms with Gasteiger partial charge in [-0.25, -0.2) is 9.50 Å². The molecule has 0 radical (unpaired) electrons. The number of fused-ring (bicyclic) bond motifs is 1. The molecule has 0 spiro atoms. The summed E-state index contributed by atoms with van der Waals surface area (Å²) in [7, 11) is 0. The molecule has 4 heterocycles. The molecule has 0 amide bonds. The molecule has 5 rings (SSSR count). The first-order valence-electron chi connectivity index (χ1n) is 9.24. The third kappa shape index (κ3) is 3.12. The van der Waals surface area contributed by atoms with Crippen molar-refractivity contribution in [3.63, 3.8) is 0 Å². The summed E-state index contributed by atoms with van der Waals surface area (Å²) in [5.74, 6) is 1.92. The van der Waals surface area contributed by atoms with Gasteiger partial charge < -0.3 is 9.80 Å². The molecule has 0 unspecified atom stereocenters. The van der Waals surface area contributed by atoms with Crippen LogP contribution >= 0.6 is 0 Å². The zero-order chi connectivity index (χ0) is 19.3. The second-order valence-corrected chi connectivity index (χ2v) is 7.17. The first-order chi connectivity index (χ1) is 13.5. The number of hydrogen-bond acceptors (Lipinski definition) is 6. The van der Waals surface area contributed by atoms with Crippen molar-refractivity contribution in [1.29, 1.82) is 0 Å². The minimum Gasteiger partial charge on any atom is -0.352 e. The highest BCUT2D eigenvalue weighted by Crippen LogP contribution is 2.40. The van der Waals surface area contributed by atoms with E-state index in [1.54, 1.807) is 6.20 Å². The minimum atomic E-state index is -4.47. The van der Waals surface area contributed by atoms with E-state index in [1.165, 1.54) is 18.9 Å². The fourth-order valence-electron chi connectivity index (χ4n) is 3.54. The quantitative estimate of drug-likeness (QED) is 0.687. The minimum absolute atomic E-state index is 0.458. The van der Waals surface area contributed by atoms with E-state index >= 15 is 0 Å². The number of nitrogens with zero attached hydrogens (tertiary/aromatic N) is 7. The Balaban J connectivity index is 1.31. The van der Waals surface area contributed by atoms with E-state index in [4.69, 9.17) is 0 Å². The Kier molecular flexibility index (Phi) is 3.88. The van der Waals surface area contributed by atoms with Crippen LogP contribution in [0.15, 0.2) is 30.6 Å². The third-order valence-electron chi connectivity index (χ3n) is 5.23. The zero-order valence-corrected chi connectivity index (χ0v) is 15.0. The lowest BCUT2D eigenvalue weighted by atomic mass is 10.2. The maximum Gasteiger partial charge on any atom is 0.435 e. The van der Waals surface area contributed by atoms with Crippen LogP contribution in [0, 0.1) is 0 Å². The van der Waals surface area contributed by atoms with Gasteiger partial charge in [-0.15, -0.1) is 10.2 Å². The fraction of sp³-hybridized carbons (Fsp3) is 0.444. The summed E-state index contributed by atoms with van der Waals surface area (Å²) in [6.07, 6.45) is 1.52. The van der Waals surface area contributed by atoms with Crippen molar-refractivity contribution in [2.24, 2.45) is 0 Å². The van der Waals surface area contributed by atoms with Gasteiger partial charge in [0, 0.05) is 44.5 Å². The molecular formula is C18H18F3N7. The first kappa shape index (κ1) is 17.2. The van der Waals surface area contributed by atoms with Crippen molar-refractivity contribution in [3.8, 4) is 0 Å². The van der Waals surface area contributed by atoms with Crippen molar-refractivity contribution < 1.29 is 13.2 Å². The van der Waals surface area contributed by atoms with Gasteiger partial charge in [-0.3, -0.25) is 0 Å². The Morgan fingerprint density at radius 3 is 2.36 bits per heavy atom. The highest BCUT2D eigenvalue weighted by Gasteiger charge is 2.33. The molecule has 10 heteroatoms. The Bertz CT molecular complexity index is 987. The summed E-state index contributed by atoms with van der Waals surface area (Å²) in [5.41, 5.74) is 1.14. The molecule has 0 atom stereocenters. The van der Waals surface area contributed by atoms with E-state index in [0.717, 1.165) is 23.1 Å². The maximum atomic E-state index is 12.6. The van der Waals surface area contributed by atoms with Crippen LogP contribution in [0.2, 0.25) is 0 Å². The lowest BCUT2D eigenvalue weighted by molar-refractivity contribution is -0.141. The summed E-state index contributed by atoms with van der Waals surface area (Å²) >= 11 is 0. The van der Waals surface area contributed by atoms with E-state index in [0.29, 0.717) is 37.9 Å². The molecule has 1 saturated carbocycles. The van der Waals surface area contributed by atoms with Crippen LogP contribution in [0.1, 0.15) is 30.1 Å². The predicted octanol–water partition coefficient (Wildman–Crippen LogP) is 2.74. The Hall–Kier alpha value is -2.91. The number of halogens is 3. The van der Waals surface area contributed by atoms with Crippen LogP contribution in [-0.4, -0.2) is 51.0 Å². The molecule has 1 aliphatic carbocycles. The molecule has 146 valence electrons. The van der Waals surface area contributed by atoms with Gasteiger partial charge in [0.05, 0.1) is 5.69 Å². The van der Waals surface area contributed by atoms with Crippen molar-refractivity contribution in [1.82, 2.24) is 24.8 Å². The predicted molar refractivity (Wildman–Crippen MR) is 96.4 cm³/mol. The van der Waals surface area contributed by atoms with Crippen LogP contribution in [-0.2, 0) is 6.18 Å². The van der Waals surface area contributed by atoms with Gasteiger partial charge in [0.15, 0.2) is 17.3 Å². The van der Waals surface area contributed by atoms with Crippen LogP contribution in [0.4, 0.5) is 24.8 Å². The second kappa shape index (κ2) is 6.32. The van der Waals surface area contributed by atoms with Gasteiger partial charge in [0.1, 0.15) is 5.52 Å². The molecule has 2 fully saturated rings. The maximum absolute atomic E-state index is 12.6. The molecule has 28 heavy (non-hydrogen) atoms. The second-order valence-electron chi connectivity index (χ2n) is 7.17. The van der Waals surface area contributed by atoms with Gasteiger partial charge in [-0.2, -0.15) is 18.3 Å². The summed E-state index contributed by atoms with van der Waals surface area (Å²) in [4.78, 5) is 8.68. The lowest BCUT2D eigenvalue weighted by Crippen LogP contribution is -2.47. The van der Waals surface area contributed by atoms with Crippen molar-refractivity contribution in [2.45, 2.75) is 24.9 Å². The molecular weight excluding hydrogens is 371 g/mol. The molecule has 1 saturated heterocycles. The van der Waals surface area contributed by atoms with E-state index < -0.39 is 11.9 Å². The number of aromatic nitrogens is 5. The topological polar surface area (TPSA) is 62.5 Å². The number of rotatable bonds is 3. The standard InChI is InChI=1S/C18H18F3N7/c19-18(20,21)15-3-4-16(24-23-15)26-7-9-27(10-8-26)17-14-11-13(12-1-2-12)25-28(14)6-5-22-17/h3-6,11-12H,1-2,7-10H2. The van der Waals surface area contributed by atoms with Crippen LogP contribution in [0.5, 0.6) is 0 Å². The summed E-state index contributed by atoms with van der Waals surface area (Å²) in [6.45, 7) is 2.65. The van der Waals surface area contributed by atoms with Crippen molar-refractivity contribution >= 4 is 17.2 Å². The summed E-state index contributed by atoms with van der Waals surface area (Å²) in [5, 5.41) is 11.7. The largest absolute Gasteiger partial charge is 0.435 e. The fourth-order valence-corrected chi connectivity index (χ4v) is 3.54. The normalized spacial score (nSPS) is 18.1. The van der Waals surface area contributed by atoms with Gasteiger partial charge in [-0.05, 0) is 31.0 Å². The van der Waals surface area contributed by atoms with Crippen molar-refractivity contribution in [2.75, 3.05) is 36.0 Å². The van der Waals surface area contributed by atoms with E-state index in [9.17, 15) is 13.2 Å². The molecule has 0 bridgehead atoms. The molecule has 2 aliphatic rings. The third-order valence-corrected chi connectivity index (χ3v) is 5.23. The lowest BCUT2D eigenvalue weighted by Gasteiger charge is -2.35. The van der Waals surface area contributed by atoms with Crippen LogP contribution in [0.3, 0.4) is 0 Å². The van der Waals surface area contributed by atoms with Crippen LogP contribution in [0.25, 0.3) is 5.52 Å². The van der Waals surface area contributed by atoms with Gasteiger partial charge >= 0.3 is 6.18 Å². The first-order valence-corrected chi connectivity index (χ1v) is 9.24. The summed E-state index contributed by atoms with van der Waals surface area (Å²) in [6, 6.07) is 4.47. The molecule has 7 nitrogen and oxygen atoms in total. The van der Waals surface area contributed by atoms with E-state index in [1.807, 2.05) is 15.6 Å². The molecule has 0 aromatic carbocycles. The average molecular weight is 389 g/mol. The monoisotopic (exact) mass is 389 g/mol. The summed E-state index contributed by atoms with van der Waals surface area (Å²) < 4.78 is 39.8. The molecule has 3 aromatic rings. The molecule has 0 N–H and O–H groups in total. The highest BCUT2D eigenvalue weighted by molar-refractivity contribution is 5.70. The van der Waals surface area contributed by atoms with E-state index in [2.05, 4.69) is 31.2 Å². The van der Waals surface area contributed by atoms with Crippen LogP contribution < -0.4 is 9.80 Å². The number of anilines is 2. The van der Waals surface area contributed by atoms with Gasteiger partial charge in [0.2, 0.25) is 0 Å².